The third-order valence-corrected chi connectivity index (χ3v) is 2.73. The van der Waals surface area contributed by atoms with Gasteiger partial charge in [0.25, 0.3) is 5.91 Å². The van der Waals surface area contributed by atoms with E-state index in [9.17, 15) is 9.59 Å². The van der Waals surface area contributed by atoms with Crippen molar-refractivity contribution in [3.63, 3.8) is 0 Å². The largest absolute Gasteiger partial charge is 0.478 e. The number of nitrogens with zero attached hydrogens (tertiary/aromatic N) is 4. The molecule has 0 fully saturated rings. The van der Waals surface area contributed by atoms with E-state index in [1.54, 1.807) is 18.5 Å². The molecule has 2 heterocycles. The third kappa shape index (κ3) is 2.63. The fourth-order valence-electron chi connectivity index (χ4n) is 1.77. The van der Waals surface area contributed by atoms with Gasteiger partial charge >= 0.3 is 5.97 Å². The molecule has 2 rings (SSSR count). The summed E-state index contributed by atoms with van der Waals surface area (Å²) in [4.78, 5) is 27.0. The normalized spacial score (nSPS) is 11.9. The van der Waals surface area contributed by atoms with E-state index in [-0.39, 0.29) is 11.3 Å². The van der Waals surface area contributed by atoms with E-state index in [2.05, 4.69) is 20.5 Å². The summed E-state index contributed by atoms with van der Waals surface area (Å²) < 4.78 is 1.67. The molecule has 20 heavy (non-hydrogen) atoms. The number of pyridine rings is 1. The van der Waals surface area contributed by atoms with Crippen LogP contribution in [0.3, 0.4) is 0 Å². The lowest BCUT2D eigenvalue weighted by Crippen LogP contribution is -2.30. The highest BCUT2D eigenvalue weighted by atomic mass is 16.4. The van der Waals surface area contributed by atoms with Crippen LogP contribution in [0.5, 0.6) is 0 Å². The molecule has 8 heteroatoms. The van der Waals surface area contributed by atoms with Crippen molar-refractivity contribution >= 4 is 11.9 Å². The molecule has 0 aliphatic carbocycles. The Balaban J connectivity index is 2.21. The Kier molecular flexibility index (Phi) is 3.74. The molecule has 2 N–H and O–H groups in total. The molecule has 0 aliphatic rings. The summed E-state index contributed by atoms with van der Waals surface area (Å²) in [5.74, 6) is -1.21. The van der Waals surface area contributed by atoms with Crippen LogP contribution in [0.2, 0.25) is 0 Å². The predicted octanol–water partition coefficient (Wildman–Crippen LogP) is 0.399. The number of carbonyl (C=O) groups excluding carboxylic acids is 1. The maximum absolute atomic E-state index is 12.1. The van der Waals surface area contributed by atoms with Gasteiger partial charge < -0.3 is 15.0 Å². The van der Waals surface area contributed by atoms with Gasteiger partial charge in [-0.05, 0) is 19.1 Å². The number of hydrogen-bond donors (Lipinski definition) is 2. The Morgan fingerprint density at radius 2 is 2.20 bits per heavy atom. The molecular weight excluding hydrogens is 262 g/mol. The molecule has 0 aliphatic heterocycles. The SMILES string of the molecule is CC(NC(=O)c1ncccc1C(=O)O)c1nncn1C. The van der Waals surface area contributed by atoms with Crippen LogP contribution in [0, 0.1) is 0 Å². The van der Waals surface area contributed by atoms with E-state index in [4.69, 9.17) is 5.11 Å². The lowest BCUT2D eigenvalue weighted by molar-refractivity contribution is 0.0689. The number of carbonyl (C=O) groups is 2. The van der Waals surface area contributed by atoms with Crippen LogP contribution in [0.25, 0.3) is 0 Å². The van der Waals surface area contributed by atoms with Gasteiger partial charge in [-0.15, -0.1) is 10.2 Å². The first-order chi connectivity index (χ1) is 9.50. The van der Waals surface area contributed by atoms with Crippen molar-refractivity contribution in [1.82, 2.24) is 25.1 Å². The highest BCUT2D eigenvalue weighted by Gasteiger charge is 2.21. The van der Waals surface area contributed by atoms with Crippen molar-refractivity contribution in [1.29, 1.82) is 0 Å². The van der Waals surface area contributed by atoms with Gasteiger partial charge in [-0.25, -0.2) is 4.79 Å². The van der Waals surface area contributed by atoms with Crippen molar-refractivity contribution in [3.05, 3.63) is 41.7 Å². The standard InChI is InChI=1S/C12H13N5O3/c1-7(10-16-14-6-17(10)2)15-11(18)9-8(12(19)20)4-3-5-13-9/h3-7H,1-2H3,(H,15,18)(H,19,20). The number of hydrogen-bond acceptors (Lipinski definition) is 5. The minimum Gasteiger partial charge on any atom is -0.478 e. The number of amides is 1. The van der Waals surface area contributed by atoms with E-state index < -0.39 is 17.9 Å². The quantitative estimate of drug-likeness (QED) is 0.835. The van der Waals surface area contributed by atoms with Gasteiger partial charge in [-0.3, -0.25) is 9.78 Å². The number of aromatic carboxylic acids is 1. The van der Waals surface area contributed by atoms with E-state index in [1.165, 1.54) is 24.7 Å². The molecule has 0 spiro atoms. The third-order valence-electron chi connectivity index (χ3n) is 2.73. The molecule has 1 amide bonds. The van der Waals surface area contributed by atoms with Gasteiger partial charge in [0.1, 0.15) is 12.0 Å². The van der Waals surface area contributed by atoms with Crippen LogP contribution >= 0.6 is 0 Å². The summed E-state index contributed by atoms with van der Waals surface area (Å²) in [7, 11) is 1.75. The second-order valence-electron chi connectivity index (χ2n) is 4.20. The fourth-order valence-corrected chi connectivity index (χ4v) is 1.77. The van der Waals surface area contributed by atoms with E-state index in [1.807, 2.05) is 0 Å². The van der Waals surface area contributed by atoms with Crippen molar-refractivity contribution in [2.45, 2.75) is 13.0 Å². The van der Waals surface area contributed by atoms with Crippen LogP contribution in [-0.2, 0) is 7.05 Å². The summed E-state index contributed by atoms with van der Waals surface area (Å²) in [6.07, 6.45) is 2.88. The molecule has 8 nitrogen and oxygen atoms in total. The van der Waals surface area contributed by atoms with Crippen LogP contribution < -0.4 is 5.32 Å². The first-order valence-electron chi connectivity index (χ1n) is 5.83. The minimum atomic E-state index is -1.20. The van der Waals surface area contributed by atoms with E-state index in [0.29, 0.717) is 5.82 Å². The Morgan fingerprint density at radius 3 is 2.80 bits per heavy atom. The zero-order valence-electron chi connectivity index (χ0n) is 10.9. The number of aryl methyl sites for hydroxylation is 1. The lowest BCUT2D eigenvalue weighted by atomic mass is 10.1. The second-order valence-corrected chi connectivity index (χ2v) is 4.20. The van der Waals surface area contributed by atoms with Gasteiger partial charge in [0, 0.05) is 13.2 Å². The van der Waals surface area contributed by atoms with Gasteiger partial charge in [0.05, 0.1) is 11.6 Å². The average Bonchev–Trinajstić information content (AvgIpc) is 2.85. The zero-order chi connectivity index (χ0) is 14.7. The molecule has 2 aromatic rings. The highest BCUT2D eigenvalue weighted by Crippen LogP contribution is 2.10. The lowest BCUT2D eigenvalue weighted by Gasteiger charge is -2.13. The molecule has 104 valence electrons. The van der Waals surface area contributed by atoms with Crippen LogP contribution in [0.1, 0.15) is 39.6 Å². The molecule has 0 aromatic carbocycles. The minimum absolute atomic E-state index is 0.131. The number of aromatic nitrogens is 4. The summed E-state index contributed by atoms with van der Waals surface area (Å²) in [6.45, 7) is 1.73. The molecule has 1 unspecified atom stereocenters. The zero-order valence-corrected chi connectivity index (χ0v) is 10.9. The number of nitrogens with one attached hydrogen (secondary N) is 1. The van der Waals surface area contributed by atoms with Gasteiger partial charge in [-0.2, -0.15) is 0 Å². The molecule has 0 saturated heterocycles. The smallest absolute Gasteiger partial charge is 0.338 e. The monoisotopic (exact) mass is 275 g/mol. The Labute approximate surface area is 114 Å². The van der Waals surface area contributed by atoms with Crippen LogP contribution in [0.4, 0.5) is 0 Å². The number of carboxylic acids is 1. The summed E-state index contributed by atoms with van der Waals surface area (Å²) in [5, 5.41) is 19.3. The van der Waals surface area contributed by atoms with Gasteiger partial charge in [-0.1, -0.05) is 0 Å². The van der Waals surface area contributed by atoms with Crippen molar-refractivity contribution in [3.8, 4) is 0 Å². The summed E-state index contributed by atoms with van der Waals surface area (Å²) in [6, 6.07) is 2.38. The summed E-state index contributed by atoms with van der Waals surface area (Å²) >= 11 is 0. The van der Waals surface area contributed by atoms with Crippen molar-refractivity contribution < 1.29 is 14.7 Å². The molecule has 2 aromatic heterocycles. The first-order valence-corrected chi connectivity index (χ1v) is 5.83. The molecular formula is C12H13N5O3. The molecule has 0 bridgehead atoms. The molecule has 0 saturated carbocycles. The van der Waals surface area contributed by atoms with Crippen molar-refractivity contribution in [2.75, 3.05) is 0 Å². The topological polar surface area (TPSA) is 110 Å². The molecule has 0 radical (unpaired) electrons. The van der Waals surface area contributed by atoms with Crippen LogP contribution in [-0.4, -0.2) is 36.7 Å². The second kappa shape index (κ2) is 5.47. The summed E-state index contributed by atoms with van der Waals surface area (Å²) in [5.41, 5.74) is -0.274. The van der Waals surface area contributed by atoms with Crippen molar-refractivity contribution in [2.24, 2.45) is 7.05 Å². The van der Waals surface area contributed by atoms with E-state index in [0.717, 1.165) is 0 Å². The highest BCUT2D eigenvalue weighted by molar-refractivity contribution is 6.03. The van der Waals surface area contributed by atoms with Gasteiger partial charge in [0.15, 0.2) is 5.82 Å². The number of carboxylic acid groups (broad SMARTS) is 1. The van der Waals surface area contributed by atoms with Crippen LogP contribution in [0.15, 0.2) is 24.7 Å². The maximum atomic E-state index is 12.1. The van der Waals surface area contributed by atoms with Gasteiger partial charge in [0.2, 0.25) is 0 Å². The van der Waals surface area contributed by atoms with E-state index >= 15 is 0 Å². The Bertz CT molecular complexity index is 652. The number of rotatable bonds is 4. The average molecular weight is 275 g/mol. The Morgan fingerprint density at radius 1 is 1.45 bits per heavy atom. The Hall–Kier alpha value is -2.77. The first kappa shape index (κ1) is 13.7. The molecule has 1 atom stereocenters. The fraction of sp³-hybridized carbons (Fsp3) is 0.250. The predicted molar refractivity (Wildman–Crippen MR) is 68.1 cm³/mol. The maximum Gasteiger partial charge on any atom is 0.338 e.